The summed E-state index contributed by atoms with van der Waals surface area (Å²) < 4.78 is 3.16. The maximum atomic E-state index is 12.4. The molecule has 3 atom stereocenters. The number of imidazole rings is 1. The molecule has 152 valence electrons. The lowest BCUT2D eigenvalue weighted by molar-refractivity contribution is 0.0934. The Labute approximate surface area is 167 Å². The van der Waals surface area contributed by atoms with Crippen LogP contribution in [-0.2, 0) is 7.05 Å². The predicted octanol–water partition coefficient (Wildman–Crippen LogP) is 0.637. The Kier molecular flexibility index (Phi) is 4.14. The molecule has 2 bridgehead atoms. The van der Waals surface area contributed by atoms with Crippen LogP contribution in [0.1, 0.15) is 41.9 Å². The summed E-state index contributed by atoms with van der Waals surface area (Å²) in [7, 11) is 1.59. The van der Waals surface area contributed by atoms with Gasteiger partial charge in [0.15, 0.2) is 0 Å². The van der Waals surface area contributed by atoms with Crippen LogP contribution in [-0.4, -0.2) is 53.7 Å². The van der Waals surface area contributed by atoms with Gasteiger partial charge in [-0.2, -0.15) is 14.6 Å². The molecule has 2 N–H and O–H groups in total. The van der Waals surface area contributed by atoms with Crippen molar-refractivity contribution in [1.29, 1.82) is 0 Å². The first-order chi connectivity index (χ1) is 14.0. The van der Waals surface area contributed by atoms with Crippen LogP contribution < -0.4 is 15.9 Å². The minimum atomic E-state index is -0.284. The van der Waals surface area contributed by atoms with E-state index in [4.69, 9.17) is 0 Å². The number of rotatable bonds is 4. The highest BCUT2D eigenvalue weighted by molar-refractivity contribution is 5.92. The summed E-state index contributed by atoms with van der Waals surface area (Å²) in [5, 5.41) is 7.37. The molecule has 1 unspecified atom stereocenters. The van der Waals surface area contributed by atoms with Gasteiger partial charge in [0.25, 0.3) is 11.7 Å². The fourth-order valence-electron chi connectivity index (χ4n) is 4.90. The zero-order valence-electron chi connectivity index (χ0n) is 16.5. The fourth-order valence-corrected chi connectivity index (χ4v) is 4.90. The SMILES string of the molecule is Cc1cc(N2[C@@H]3CC[C@H]2CC(CNC(=O)c2c[nH]c(=O)n2C)C3)n2ncnc2n1. The molecule has 2 aliphatic heterocycles. The van der Waals surface area contributed by atoms with Gasteiger partial charge in [0.05, 0.1) is 0 Å². The first kappa shape index (κ1) is 17.9. The van der Waals surface area contributed by atoms with E-state index >= 15 is 0 Å². The van der Waals surface area contributed by atoms with Gasteiger partial charge in [-0.05, 0) is 38.5 Å². The summed E-state index contributed by atoms with van der Waals surface area (Å²) in [5.41, 5.74) is 1.01. The number of H-pyrrole nitrogens is 1. The molecule has 5 rings (SSSR count). The average molecular weight is 396 g/mol. The number of piperidine rings is 1. The highest BCUT2D eigenvalue weighted by atomic mass is 16.2. The summed E-state index contributed by atoms with van der Waals surface area (Å²) in [6.07, 6.45) is 7.31. The Hall–Kier alpha value is -3.17. The number of anilines is 1. The summed E-state index contributed by atoms with van der Waals surface area (Å²) in [4.78, 5) is 37.6. The highest BCUT2D eigenvalue weighted by Gasteiger charge is 2.42. The Balaban J connectivity index is 1.30. The van der Waals surface area contributed by atoms with E-state index in [0.29, 0.717) is 36.0 Å². The molecule has 0 aromatic carbocycles. The van der Waals surface area contributed by atoms with Crippen molar-refractivity contribution in [2.75, 3.05) is 11.4 Å². The van der Waals surface area contributed by atoms with Gasteiger partial charge in [-0.1, -0.05) is 0 Å². The molecular formula is C19H24N8O2. The van der Waals surface area contributed by atoms with E-state index in [2.05, 4.69) is 36.3 Å². The number of carbonyl (C=O) groups is 1. The van der Waals surface area contributed by atoms with E-state index in [1.807, 2.05) is 11.4 Å². The zero-order chi connectivity index (χ0) is 20.1. The van der Waals surface area contributed by atoms with E-state index in [-0.39, 0.29) is 11.6 Å². The van der Waals surface area contributed by atoms with Gasteiger partial charge < -0.3 is 15.2 Å². The van der Waals surface area contributed by atoms with E-state index in [1.54, 1.807) is 13.4 Å². The number of aromatic nitrogens is 6. The van der Waals surface area contributed by atoms with Gasteiger partial charge >= 0.3 is 5.69 Å². The molecule has 29 heavy (non-hydrogen) atoms. The third-order valence-corrected chi connectivity index (χ3v) is 6.24. The summed E-state index contributed by atoms with van der Waals surface area (Å²) >= 11 is 0. The van der Waals surface area contributed by atoms with Crippen LogP contribution in [0.3, 0.4) is 0 Å². The van der Waals surface area contributed by atoms with Crippen LogP contribution in [0, 0.1) is 12.8 Å². The first-order valence-electron chi connectivity index (χ1n) is 9.99. The number of nitrogens with one attached hydrogen (secondary N) is 2. The molecule has 1 amide bonds. The standard InChI is InChI=1S/C19H24N8O2/c1-11-5-16(27-18(24-11)22-10-23-27)26-13-3-4-14(26)7-12(6-13)8-20-17(28)15-9-21-19(29)25(15)2/h5,9-10,12-14H,3-4,6-8H2,1-2H3,(H,20,28)(H,21,29)/t12?,13-,14+. The van der Waals surface area contributed by atoms with Crippen LogP contribution in [0.4, 0.5) is 5.82 Å². The second-order valence-corrected chi connectivity index (χ2v) is 8.11. The van der Waals surface area contributed by atoms with Crippen molar-refractivity contribution in [1.82, 2.24) is 34.4 Å². The van der Waals surface area contributed by atoms with E-state index < -0.39 is 0 Å². The molecule has 2 saturated heterocycles. The number of aromatic amines is 1. The third kappa shape index (κ3) is 2.99. The van der Waals surface area contributed by atoms with E-state index in [0.717, 1.165) is 37.2 Å². The number of aryl methyl sites for hydroxylation is 1. The van der Waals surface area contributed by atoms with E-state index in [1.165, 1.54) is 10.8 Å². The van der Waals surface area contributed by atoms with Crippen LogP contribution >= 0.6 is 0 Å². The number of fused-ring (bicyclic) bond motifs is 3. The number of amides is 1. The van der Waals surface area contributed by atoms with Gasteiger partial charge in [0.2, 0.25) is 0 Å². The minimum Gasteiger partial charge on any atom is -0.350 e. The van der Waals surface area contributed by atoms with Crippen molar-refractivity contribution in [3.63, 3.8) is 0 Å². The molecule has 2 fully saturated rings. The molecule has 0 spiro atoms. The molecule has 2 aliphatic rings. The maximum Gasteiger partial charge on any atom is 0.325 e. The lowest BCUT2D eigenvalue weighted by atomic mass is 9.90. The normalized spacial score (nSPS) is 23.7. The number of carbonyl (C=O) groups excluding carboxylic acids is 1. The second-order valence-electron chi connectivity index (χ2n) is 8.11. The molecule has 0 saturated carbocycles. The van der Waals surface area contributed by atoms with Crippen LogP contribution in [0.2, 0.25) is 0 Å². The largest absolute Gasteiger partial charge is 0.350 e. The molecule has 3 aromatic heterocycles. The zero-order valence-corrected chi connectivity index (χ0v) is 16.5. The average Bonchev–Trinajstić information content (AvgIpc) is 3.36. The molecule has 5 heterocycles. The third-order valence-electron chi connectivity index (χ3n) is 6.24. The number of hydrogen-bond acceptors (Lipinski definition) is 6. The monoisotopic (exact) mass is 396 g/mol. The lowest BCUT2D eigenvalue weighted by Crippen LogP contribution is -2.46. The Morgan fingerprint density at radius 2 is 2.07 bits per heavy atom. The van der Waals surface area contributed by atoms with Gasteiger partial charge in [-0.15, -0.1) is 0 Å². The maximum absolute atomic E-state index is 12.4. The summed E-state index contributed by atoms with van der Waals surface area (Å²) in [5.74, 6) is 1.89. The quantitative estimate of drug-likeness (QED) is 0.669. The molecule has 0 radical (unpaired) electrons. The Bertz CT molecular complexity index is 1110. The lowest BCUT2D eigenvalue weighted by Gasteiger charge is -2.40. The number of hydrogen-bond donors (Lipinski definition) is 2. The van der Waals surface area contributed by atoms with Gasteiger partial charge in [-0.25, -0.2) is 9.78 Å². The van der Waals surface area contributed by atoms with Crippen molar-refractivity contribution in [2.45, 2.75) is 44.7 Å². The molecule has 10 heteroatoms. The molecule has 0 aliphatic carbocycles. The molecular weight excluding hydrogens is 372 g/mol. The van der Waals surface area contributed by atoms with Crippen molar-refractivity contribution < 1.29 is 4.79 Å². The molecule has 3 aromatic rings. The van der Waals surface area contributed by atoms with Crippen LogP contribution in [0.15, 0.2) is 23.4 Å². The first-order valence-corrected chi connectivity index (χ1v) is 9.99. The number of nitrogens with zero attached hydrogens (tertiary/aromatic N) is 6. The minimum absolute atomic E-state index is 0.213. The Morgan fingerprint density at radius 1 is 1.31 bits per heavy atom. The van der Waals surface area contributed by atoms with Crippen molar-refractivity contribution in [2.24, 2.45) is 13.0 Å². The van der Waals surface area contributed by atoms with Gasteiger partial charge in [-0.3, -0.25) is 9.36 Å². The highest BCUT2D eigenvalue weighted by Crippen LogP contribution is 2.41. The smallest absolute Gasteiger partial charge is 0.325 e. The van der Waals surface area contributed by atoms with Crippen LogP contribution in [0.25, 0.3) is 5.78 Å². The summed E-state index contributed by atoms with van der Waals surface area (Å²) in [6.45, 7) is 2.60. The van der Waals surface area contributed by atoms with Crippen molar-refractivity contribution in [3.05, 3.63) is 40.5 Å². The summed E-state index contributed by atoms with van der Waals surface area (Å²) in [6, 6.07) is 2.92. The topological polar surface area (TPSA) is 113 Å². The van der Waals surface area contributed by atoms with Gasteiger partial charge in [0.1, 0.15) is 17.8 Å². The molecule has 10 nitrogen and oxygen atoms in total. The van der Waals surface area contributed by atoms with Gasteiger partial charge in [0, 0.05) is 43.6 Å². The second kappa shape index (κ2) is 6.71. The predicted molar refractivity (Wildman–Crippen MR) is 106 cm³/mol. The van der Waals surface area contributed by atoms with E-state index in [9.17, 15) is 9.59 Å². The van der Waals surface area contributed by atoms with Crippen molar-refractivity contribution >= 4 is 17.5 Å². The van der Waals surface area contributed by atoms with Crippen LogP contribution in [0.5, 0.6) is 0 Å². The Morgan fingerprint density at radius 3 is 2.76 bits per heavy atom. The van der Waals surface area contributed by atoms with Crippen molar-refractivity contribution in [3.8, 4) is 0 Å². The fraction of sp³-hybridized carbons (Fsp3) is 0.526.